The Morgan fingerprint density at radius 1 is 1.33 bits per heavy atom. The van der Waals surface area contributed by atoms with E-state index in [-0.39, 0.29) is 11.5 Å². The summed E-state index contributed by atoms with van der Waals surface area (Å²) < 4.78 is 0. The third kappa shape index (κ3) is 2.44. The molecular weight excluding hydrogens is 274 g/mol. The lowest BCUT2D eigenvalue weighted by atomic mass is 10.1. The van der Waals surface area contributed by atoms with Gasteiger partial charge in [0.05, 0.1) is 10.5 Å². The number of benzene rings is 1. The average molecular weight is 291 g/mol. The predicted octanol–water partition coefficient (Wildman–Crippen LogP) is 1.22. The van der Waals surface area contributed by atoms with E-state index in [0.717, 1.165) is 25.9 Å². The van der Waals surface area contributed by atoms with Gasteiger partial charge < -0.3 is 10.0 Å². The molecule has 0 saturated carbocycles. The summed E-state index contributed by atoms with van der Waals surface area (Å²) in [6, 6.07) is 4.44. The number of amides is 1. The number of phenols is 1. The number of fused-ring (bicyclic) bond motifs is 1. The van der Waals surface area contributed by atoms with E-state index < -0.39 is 16.4 Å². The van der Waals surface area contributed by atoms with Crippen LogP contribution in [0.15, 0.2) is 18.2 Å². The maximum atomic E-state index is 12.5. The predicted molar refractivity (Wildman–Crippen MR) is 75.3 cm³/mol. The van der Waals surface area contributed by atoms with Crippen molar-refractivity contribution >= 4 is 11.6 Å². The van der Waals surface area contributed by atoms with Crippen molar-refractivity contribution in [2.45, 2.75) is 18.9 Å². The molecule has 3 rings (SSSR count). The molecule has 21 heavy (non-hydrogen) atoms. The van der Waals surface area contributed by atoms with Gasteiger partial charge in [-0.15, -0.1) is 0 Å². The Bertz CT molecular complexity index is 590. The summed E-state index contributed by atoms with van der Waals surface area (Å²) in [6.45, 7) is 3.12. The molecule has 0 unspecified atom stereocenters. The molecule has 1 aromatic carbocycles. The summed E-state index contributed by atoms with van der Waals surface area (Å²) in [7, 11) is 0. The molecule has 0 radical (unpaired) electrons. The topological polar surface area (TPSA) is 86.9 Å². The molecule has 0 bridgehead atoms. The van der Waals surface area contributed by atoms with Crippen molar-refractivity contribution in [2.75, 3.05) is 26.2 Å². The molecule has 2 aliphatic heterocycles. The largest absolute Gasteiger partial charge is 0.502 e. The quantitative estimate of drug-likeness (QED) is 0.654. The smallest absolute Gasteiger partial charge is 0.311 e. The zero-order valence-corrected chi connectivity index (χ0v) is 11.6. The number of rotatable bonds is 2. The average Bonchev–Trinajstić information content (AvgIpc) is 2.93. The minimum atomic E-state index is -0.680. The first-order valence-corrected chi connectivity index (χ1v) is 7.07. The van der Waals surface area contributed by atoms with Crippen LogP contribution in [0.25, 0.3) is 0 Å². The highest BCUT2D eigenvalue weighted by molar-refractivity contribution is 5.98. The Kier molecular flexibility index (Phi) is 3.50. The van der Waals surface area contributed by atoms with E-state index in [1.807, 2.05) is 0 Å². The van der Waals surface area contributed by atoms with E-state index in [2.05, 4.69) is 4.90 Å². The normalized spacial score (nSPS) is 22.1. The van der Waals surface area contributed by atoms with E-state index in [9.17, 15) is 20.0 Å². The fraction of sp³-hybridized carbons (Fsp3) is 0.500. The van der Waals surface area contributed by atoms with Crippen LogP contribution in [0, 0.1) is 10.1 Å². The van der Waals surface area contributed by atoms with E-state index in [0.29, 0.717) is 19.1 Å². The van der Waals surface area contributed by atoms with Crippen LogP contribution in [0.2, 0.25) is 0 Å². The van der Waals surface area contributed by atoms with Crippen molar-refractivity contribution in [3.8, 4) is 5.75 Å². The maximum absolute atomic E-state index is 12.5. The number of phenolic OH excluding ortho intramolecular Hbond substituents is 1. The number of nitro benzene ring substituents is 1. The van der Waals surface area contributed by atoms with Crippen molar-refractivity contribution in [3.63, 3.8) is 0 Å². The number of piperazine rings is 1. The molecule has 7 heteroatoms. The molecule has 1 N–H and O–H groups in total. The van der Waals surface area contributed by atoms with Crippen molar-refractivity contribution in [3.05, 3.63) is 33.9 Å². The summed E-state index contributed by atoms with van der Waals surface area (Å²) in [5, 5.41) is 20.8. The molecule has 2 saturated heterocycles. The number of hydrogen-bond donors (Lipinski definition) is 1. The lowest BCUT2D eigenvalue weighted by Gasteiger charge is -2.37. The molecule has 0 spiro atoms. The number of carbonyl (C=O) groups is 1. The van der Waals surface area contributed by atoms with Gasteiger partial charge in [0.15, 0.2) is 0 Å². The Balaban J connectivity index is 1.82. The van der Waals surface area contributed by atoms with Crippen LogP contribution in [0.1, 0.15) is 23.2 Å². The van der Waals surface area contributed by atoms with Crippen molar-refractivity contribution in [1.29, 1.82) is 0 Å². The molecule has 7 nitrogen and oxygen atoms in total. The molecule has 1 aromatic rings. The van der Waals surface area contributed by atoms with Gasteiger partial charge in [0, 0.05) is 31.7 Å². The first kappa shape index (κ1) is 13.8. The van der Waals surface area contributed by atoms with Gasteiger partial charge in [-0.2, -0.15) is 0 Å². The van der Waals surface area contributed by atoms with Gasteiger partial charge in [-0.25, -0.2) is 0 Å². The number of hydrogen-bond acceptors (Lipinski definition) is 5. The third-order valence-electron chi connectivity index (χ3n) is 4.32. The van der Waals surface area contributed by atoms with Gasteiger partial charge in [0.2, 0.25) is 5.75 Å². The number of aromatic hydroxyl groups is 1. The minimum absolute atomic E-state index is 0.00986. The molecule has 2 heterocycles. The van der Waals surface area contributed by atoms with E-state index in [4.69, 9.17) is 0 Å². The molecule has 2 aliphatic rings. The molecule has 0 aromatic heterocycles. The first-order chi connectivity index (χ1) is 10.1. The summed E-state index contributed by atoms with van der Waals surface area (Å²) in [6.07, 6.45) is 2.22. The van der Waals surface area contributed by atoms with Gasteiger partial charge in [-0.3, -0.25) is 19.8 Å². The van der Waals surface area contributed by atoms with Gasteiger partial charge in [0.1, 0.15) is 0 Å². The molecule has 2 fully saturated rings. The molecule has 0 aliphatic carbocycles. The molecular formula is C14H17N3O4. The van der Waals surface area contributed by atoms with Gasteiger partial charge in [-0.05, 0) is 25.5 Å². The van der Waals surface area contributed by atoms with E-state index in [1.165, 1.54) is 18.2 Å². The molecule has 1 atom stereocenters. The summed E-state index contributed by atoms with van der Waals surface area (Å²) >= 11 is 0. The zero-order valence-electron chi connectivity index (χ0n) is 11.6. The minimum Gasteiger partial charge on any atom is -0.502 e. The van der Waals surface area contributed by atoms with Crippen molar-refractivity contribution in [1.82, 2.24) is 9.80 Å². The number of nitrogens with zero attached hydrogens (tertiary/aromatic N) is 3. The lowest BCUT2D eigenvalue weighted by Crippen LogP contribution is -2.52. The summed E-state index contributed by atoms with van der Waals surface area (Å²) in [5.74, 6) is -0.871. The van der Waals surface area contributed by atoms with Crippen LogP contribution in [-0.2, 0) is 0 Å². The van der Waals surface area contributed by atoms with Crippen molar-refractivity contribution < 1.29 is 14.8 Å². The maximum Gasteiger partial charge on any atom is 0.311 e. The Hall–Kier alpha value is -2.15. The highest BCUT2D eigenvalue weighted by Gasteiger charge is 2.34. The monoisotopic (exact) mass is 291 g/mol. The van der Waals surface area contributed by atoms with Gasteiger partial charge in [-0.1, -0.05) is 6.07 Å². The molecule has 1 amide bonds. The Labute approximate surface area is 121 Å². The Morgan fingerprint density at radius 2 is 2.14 bits per heavy atom. The van der Waals surface area contributed by atoms with Crippen molar-refractivity contribution in [2.24, 2.45) is 0 Å². The van der Waals surface area contributed by atoms with Gasteiger partial charge >= 0.3 is 5.69 Å². The SMILES string of the molecule is O=C(c1cccc([N+](=O)[O-])c1O)N1CCN2CCC[C@H]2C1. The number of para-hydroxylation sites is 1. The van der Waals surface area contributed by atoms with Crippen LogP contribution in [0.3, 0.4) is 0 Å². The standard InChI is InChI=1S/C14H17N3O4/c18-13-11(4-1-5-12(13)17(20)21)14(19)16-8-7-15-6-2-3-10(15)9-16/h1,4-5,10,18H,2-3,6-9H2/t10-/m0/s1. The Morgan fingerprint density at radius 3 is 2.90 bits per heavy atom. The number of nitro groups is 1. The molecule has 112 valence electrons. The second-order valence-electron chi connectivity index (χ2n) is 5.51. The van der Waals surface area contributed by atoms with Crippen LogP contribution in [0.4, 0.5) is 5.69 Å². The van der Waals surface area contributed by atoms with Crippen LogP contribution in [0.5, 0.6) is 5.75 Å². The first-order valence-electron chi connectivity index (χ1n) is 7.07. The van der Waals surface area contributed by atoms with Crippen LogP contribution in [-0.4, -0.2) is 58.0 Å². The second-order valence-corrected chi connectivity index (χ2v) is 5.51. The second kappa shape index (κ2) is 5.33. The van der Waals surface area contributed by atoms with E-state index >= 15 is 0 Å². The highest BCUT2D eigenvalue weighted by atomic mass is 16.6. The van der Waals surface area contributed by atoms with E-state index in [1.54, 1.807) is 4.90 Å². The summed E-state index contributed by atoms with van der Waals surface area (Å²) in [4.78, 5) is 26.7. The number of carbonyl (C=O) groups excluding carboxylic acids is 1. The zero-order chi connectivity index (χ0) is 15.0. The van der Waals surface area contributed by atoms with Crippen LogP contribution < -0.4 is 0 Å². The van der Waals surface area contributed by atoms with Crippen LogP contribution >= 0.6 is 0 Å². The van der Waals surface area contributed by atoms with Gasteiger partial charge in [0.25, 0.3) is 5.91 Å². The fourth-order valence-electron chi connectivity index (χ4n) is 3.20. The summed E-state index contributed by atoms with van der Waals surface area (Å²) in [5.41, 5.74) is -0.420. The lowest BCUT2D eigenvalue weighted by molar-refractivity contribution is -0.385. The fourth-order valence-corrected chi connectivity index (χ4v) is 3.20. The third-order valence-corrected chi connectivity index (χ3v) is 4.32. The highest BCUT2D eigenvalue weighted by Crippen LogP contribution is 2.31.